The minimum absolute atomic E-state index is 0.0314. The van der Waals surface area contributed by atoms with Crippen LogP contribution in [-0.4, -0.2) is 49.3 Å². The van der Waals surface area contributed by atoms with Gasteiger partial charge in [-0.25, -0.2) is 4.79 Å². The largest absolute Gasteiger partial charge is 0.454 e. The number of ether oxygens (including phenoxy) is 2. The van der Waals surface area contributed by atoms with E-state index < -0.39 is 0 Å². The first-order valence-corrected chi connectivity index (χ1v) is 8.85. The molecule has 1 aliphatic carbocycles. The van der Waals surface area contributed by atoms with Gasteiger partial charge in [0.05, 0.1) is 0 Å². The Balaban J connectivity index is 1.42. The molecule has 1 saturated carbocycles. The highest BCUT2D eigenvalue weighted by Gasteiger charge is 2.45. The number of piperazine rings is 1. The van der Waals surface area contributed by atoms with Crippen molar-refractivity contribution < 1.29 is 19.1 Å². The zero-order valence-corrected chi connectivity index (χ0v) is 14.3. The van der Waals surface area contributed by atoms with Gasteiger partial charge >= 0.3 is 6.03 Å². The molecule has 1 aromatic rings. The van der Waals surface area contributed by atoms with Gasteiger partial charge in [-0.3, -0.25) is 4.79 Å². The van der Waals surface area contributed by atoms with E-state index in [4.69, 9.17) is 9.47 Å². The molecule has 25 heavy (non-hydrogen) atoms. The second-order valence-corrected chi connectivity index (χ2v) is 6.92. The maximum absolute atomic E-state index is 12.6. The second kappa shape index (κ2) is 6.13. The van der Waals surface area contributed by atoms with E-state index in [0.717, 1.165) is 24.3 Å². The first kappa shape index (κ1) is 16.1. The molecule has 1 saturated heterocycles. The van der Waals surface area contributed by atoms with Gasteiger partial charge in [0.1, 0.15) is 6.04 Å². The number of nitrogens with one attached hydrogen (secondary N) is 2. The number of hydrogen-bond acceptors (Lipinski definition) is 4. The normalized spacial score (nSPS) is 23.2. The van der Waals surface area contributed by atoms with Gasteiger partial charge in [0, 0.05) is 25.0 Å². The molecular weight excluding hydrogens is 322 g/mol. The average Bonchev–Trinajstić information content (AvgIpc) is 3.27. The predicted octanol–water partition coefficient (Wildman–Crippen LogP) is 1.37. The quantitative estimate of drug-likeness (QED) is 0.864. The van der Waals surface area contributed by atoms with Crippen molar-refractivity contribution in [3.05, 3.63) is 23.8 Å². The highest BCUT2D eigenvalue weighted by molar-refractivity contribution is 5.88. The fraction of sp³-hybridized carbons (Fsp3) is 0.556. The summed E-state index contributed by atoms with van der Waals surface area (Å²) in [6.07, 6.45) is 2.68. The Labute approximate surface area is 146 Å². The Kier molecular flexibility index (Phi) is 3.94. The standard InChI is InChI=1S/C18H23N3O4/c1-2-13-16(22)19-7-8-21(13)17(23)20-10-18(5-6-18)12-3-4-14-15(9-12)25-11-24-14/h3-4,9,13H,2,5-8,10-11H2,1H3,(H,19,22)(H,20,23)/t13-/m0/s1. The number of carbonyl (C=O) groups is 2. The first-order chi connectivity index (χ1) is 12.1. The van der Waals surface area contributed by atoms with E-state index in [1.807, 2.05) is 19.1 Å². The molecule has 1 atom stereocenters. The second-order valence-electron chi connectivity index (χ2n) is 6.92. The number of nitrogens with zero attached hydrogens (tertiary/aromatic N) is 1. The van der Waals surface area contributed by atoms with E-state index in [1.165, 1.54) is 5.56 Å². The molecule has 3 amide bonds. The van der Waals surface area contributed by atoms with E-state index in [-0.39, 0.29) is 30.2 Å². The van der Waals surface area contributed by atoms with Crippen LogP contribution in [-0.2, 0) is 10.2 Å². The van der Waals surface area contributed by atoms with E-state index in [2.05, 4.69) is 16.7 Å². The number of amides is 3. The summed E-state index contributed by atoms with van der Waals surface area (Å²) < 4.78 is 10.8. The van der Waals surface area contributed by atoms with Gasteiger partial charge in [-0.05, 0) is 37.0 Å². The monoisotopic (exact) mass is 345 g/mol. The van der Waals surface area contributed by atoms with Crippen molar-refractivity contribution >= 4 is 11.9 Å². The van der Waals surface area contributed by atoms with Crippen LogP contribution in [0.15, 0.2) is 18.2 Å². The summed E-state index contributed by atoms with van der Waals surface area (Å²) in [5.74, 6) is 1.48. The van der Waals surface area contributed by atoms with Crippen LogP contribution in [0, 0.1) is 0 Å². The molecule has 0 aromatic heterocycles. The average molecular weight is 345 g/mol. The first-order valence-electron chi connectivity index (χ1n) is 8.85. The zero-order chi connectivity index (χ0) is 17.4. The molecule has 3 aliphatic rings. The van der Waals surface area contributed by atoms with Gasteiger partial charge in [0.2, 0.25) is 12.7 Å². The third-order valence-corrected chi connectivity index (χ3v) is 5.39. The Bertz CT molecular complexity index is 702. The summed E-state index contributed by atoms with van der Waals surface area (Å²) >= 11 is 0. The number of rotatable bonds is 4. The van der Waals surface area contributed by atoms with E-state index >= 15 is 0 Å². The van der Waals surface area contributed by atoms with Gasteiger partial charge in [0.25, 0.3) is 0 Å². The lowest BCUT2D eigenvalue weighted by Gasteiger charge is -2.34. The lowest BCUT2D eigenvalue weighted by Crippen LogP contribution is -2.59. The van der Waals surface area contributed by atoms with E-state index in [9.17, 15) is 9.59 Å². The van der Waals surface area contributed by atoms with Gasteiger partial charge in [-0.2, -0.15) is 0 Å². The lowest BCUT2D eigenvalue weighted by molar-refractivity contribution is -0.127. The Morgan fingerprint density at radius 3 is 2.92 bits per heavy atom. The fourth-order valence-corrected chi connectivity index (χ4v) is 3.65. The molecule has 0 radical (unpaired) electrons. The summed E-state index contributed by atoms with van der Waals surface area (Å²) in [7, 11) is 0. The molecule has 134 valence electrons. The van der Waals surface area contributed by atoms with Crippen LogP contribution in [0.25, 0.3) is 0 Å². The molecule has 1 aromatic carbocycles. The molecule has 4 rings (SSSR count). The molecular formula is C18H23N3O4. The predicted molar refractivity (Wildman–Crippen MR) is 90.7 cm³/mol. The highest BCUT2D eigenvalue weighted by Crippen LogP contribution is 2.49. The number of carbonyl (C=O) groups excluding carboxylic acids is 2. The van der Waals surface area contributed by atoms with Crippen LogP contribution in [0.4, 0.5) is 4.79 Å². The lowest BCUT2D eigenvalue weighted by atomic mass is 9.95. The highest BCUT2D eigenvalue weighted by atomic mass is 16.7. The summed E-state index contributed by atoms with van der Waals surface area (Å²) in [5.41, 5.74) is 1.14. The van der Waals surface area contributed by atoms with E-state index in [1.54, 1.807) is 4.90 Å². The van der Waals surface area contributed by atoms with Crippen molar-refractivity contribution in [2.45, 2.75) is 37.6 Å². The number of benzene rings is 1. The summed E-state index contributed by atoms with van der Waals surface area (Å²) in [6.45, 7) is 3.81. The third-order valence-electron chi connectivity index (χ3n) is 5.39. The maximum atomic E-state index is 12.6. The molecule has 0 unspecified atom stereocenters. The van der Waals surface area contributed by atoms with Crippen LogP contribution < -0.4 is 20.1 Å². The fourth-order valence-electron chi connectivity index (χ4n) is 3.65. The number of hydrogen-bond donors (Lipinski definition) is 2. The molecule has 0 spiro atoms. The van der Waals surface area contributed by atoms with Gasteiger partial charge in [-0.15, -0.1) is 0 Å². The van der Waals surface area contributed by atoms with Crippen LogP contribution in [0.3, 0.4) is 0 Å². The SMILES string of the molecule is CC[C@H]1C(=O)NCCN1C(=O)NCC1(c2ccc3c(c2)OCO3)CC1. The summed E-state index contributed by atoms with van der Waals surface area (Å²) in [5, 5.41) is 5.86. The van der Waals surface area contributed by atoms with Crippen LogP contribution in [0.2, 0.25) is 0 Å². The van der Waals surface area contributed by atoms with Gasteiger partial charge < -0.3 is 25.0 Å². The Morgan fingerprint density at radius 2 is 2.16 bits per heavy atom. The van der Waals surface area contributed by atoms with E-state index in [0.29, 0.717) is 26.1 Å². The van der Waals surface area contributed by atoms with Crippen molar-refractivity contribution in [2.75, 3.05) is 26.4 Å². The van der Waals surface area contributed by atoms with Crippen LogP contribution in [0.5, 0.6) is 11.5 Å². The Hall–Kier alpha value is -2.44. The minimum Gasteiger partial charge on any atom is -0.454 e. The molecule has 7 heteroatoms. The van der Waals surface area contributed by atoms with Gasteiger partial charge in [0.15, 0.2) is 11.5 Å². The topological polar surface area (TPSA) is 79.9 Å². The van der Waals surface area contributed by atoms with Crippen molar-refractivity contribution in [1.82, 2.24) is 15.5 Å². The molecule has 2 fully saturated rings. The number of fused-ring (bicyclic) bond motifs is 1. The van der Waals surface area contributed by atoms with Crippen molar-refractivity contribution in [3.8, 4) is 11.5 Å². The number of urea groups is 1. The smallest absolute Gasteiger partial charge is 0.318 e. The van der Waals surface area contributed by atoms with Crippen LogP contribution in [0.1, 0.15) is 31.7 Å². The summed E-state index contributed by atoms with van der Waals surface area (Å²) in [6, 6.07) is 5.46. The molecule has 0 bridgehead atoms. The van der Waals surface area contributed by atoms with Crippen LogP contribution >= 0.6 is 0 Å². The third kappa shape index (κ3) is 2.88. The van der Waals surface area contributed by atoms with Crippen molar-refractivity contribution in [3.63, 3.8) is 0 Å². The van der Waals surface area contributed by atoms with Gasteiger partial charge in [-0.1, -0.05) is 13.0 Å². The minimum atomic E-state index is -0.380. The van der Waals surface area contributed by atoms with Crippen molar-refractivity contribution in [1.29, 1.82) is 0 Å². The zero-order valence-electron chi connectivity index (χ0n) is 14.3. The van der Waals surface area contributed by atoms with Crippen molar-refractivity contribution in [2.24, 2.45) is 0 Å². The molecule has 2 heterocycles. The Morgan fingerprint density at radius 1 is 1.36 bits per heavy atom. The molecule has 2 aliphatic heterocycles. The summed E-state index contributed by atoms with van der Waals surface area (Å²) in [4.78, 5) is 26.2. The molecule has 2 N–H and O–H groups in total. The molecule has 7 nitrogen and oxygen atoms in total. The maximum Gasteiger partial charge on any atom is 0.318 e.